The van der Waals surface area contributed by atoms with Gasteiger partial charge in [0.2, 0.25) is 0 Å². The number of hydrogen-bond acceptors (Lipinski definition) is 4. The van der Waals surface area contributed by atoms with Crippen molar-refractivity contribution in [2.24, 2.45) is 0 Å². The Labute approximate surface area is 159 Å². The van der Waals surface area contributed by atoms with Gasteiger partial charge in [0, 0.05) is 6.08 Å². The highest BCUT2D eigenvalue weighted by molar-refractivity contribution is 6.42. The third kappa shape index (κ3) is 5.81. The number of halogens is 2. The van der Waals surface area contributed by atoms with E-state index >= 15 is 0 Å². The van der Waals surface area contributed by atoms with Gasteiger partial charge in [0.05, 0.1) is 21.7 Å². The molecule has 132 valence electrons. The number of nitrogens with one attached hydrogen (secondary N) is 2. The molecule has 26 heavy (non-hydrogen) atoms. The molecule has 0 fully saturated rings. The summed E-state index contributed by atoms with van der Waals surface area (Å²) in [5, 5.41) is 9.41. The summed E-state index contributed by atoms with van der Waals surface area (Å²) in [6.07, 6.45) is 2.68. The molecule has 2 aromatic carbocycles. The number of nitrogens with zero attached hydrogens (tertiary/aromatic N) is 1. The number of nitriles is 1. The average Bonchev–Trinajstić information content (AvgIpc) is 2.66. The van der Waals surface area contributed by atoms with E-state index < -0.39 is 11.8 Å². The molecule has 0 saturated carbocycles. The zero-order chi connectivity index (χ0) is 18.9. The number of benzene rings is 2. The van der Waals surface area contributed by atoms with Crippen LogP contribution in [0.25, 0.3) is 6.08 Å². The smallest absolute Gasteiger partial charge is 0.276 e. The fourth-order valence-corrected chi connectivity index (χ4v) is 2.17. The lowest BCUT2D eigenvalue weighted by atomic mass is 10.2. The van der Waals surface area contributed by atoms with Crippen molar-refractivity contribution in [3.63, 3.8) is 0 Å². The van der Waals surface area contributed by atoms with E-state index in [4.69, 9.17) is 33.2 Å². The van der Waals surface area contributed by atoms with Crippen LogP contribution in [0.1, 0.15) is 11.1 Å². The van der Waals surface area contributed by atoms with Crippen LogP contribution >= 0.6 is 23.2 Å². The maximum Gasteiger partial charge on any atom is 0.276 e. The van der Waals surface area contributed by atoms with E-state index in [1.807, 2.05) is 6.07 Å². The first-order chi connectivity index (χ1) is 12.5. The van der Waals surface area contributed by atoms with Crippen molar-refractivity contribution in [1.29, 1.82) is 5.26 Å². The van der Waals surface area contributed by atoms with E-state index in [1.165, 1.54) is 12.2 Å². The van der Waals surface area contributed by atoms with Gasteiger partial charge in [-0.3, -0.25) is 20.4 Å². The summed E-state index contributed by atoms with van der Waals surface area (Å²) < 4.78 is 5.23. The van der Waals surface area contributed by atoms with Gasteiger partial charge in [-0.1, -0.05) is 35.3 Å². The molecule has 2 N–H and O–H groups in total. The number of amides is 2. The first kappa shape index (κ1) is 19.3. The molecule has 0 aromatic heterocycles. The molecule has 2 rings (SSSR count). The summed E-state index contributed by atoms with van der Waals surface area (Å²) in [4.78, 5) is 23.4. The van der Waals surface area contributed by atoms with Crippen LogP contribution in [-0.4, -0.2) is 18.4 Å². The van der Waals surface area contributed by atoms with Crippen LogP contribution in [0.5, 0.6) is 5.75 Å². The summed E-state index contributed by atoms with van der Waals surface area (Å²) in [7, 11) is 0. The molecular weight excluding hydrogens is 377 g/mol. The SMILES string of the molecule is N#Cc1ccc(OCC(=O)NNC(=O)/C=C/c2cccc(Cl)c2Cl)cc1. The number of hydrazine groups is 1. The van der Waals surface area contributed by atoms with Crippen LogP contribution in [0, 0.1) is 11.3 Å². The van der Waals surface area contributed by atoms with E-state index in [-0.39, 0.29) is 6.61 Å². The Morgan fingerprint density at radius 2 is 1.85 bits per heavy atom. The highest BCUT2D eigenvalue weighted by Crippen LogP contribution is 2.26. The van der Waals surface area contributed by atoms with Gasteiger partial charge in [-0.2, -0.15) is 5.26 Å². The maximum atomic E-state index is 11.7. The highest BCUT2D eigenvalue weighted by atomic mass is 35.5. The second-order valence-electron chi connectivity index (χ2n) is 4.94. The van der Waals surface area contributed by atoms with Crippen molar-refractivity contribution in [3.05, 3.63) is 69.7 Å². The van der Waals surface area contributed by atoms with E-state index in [1.54, 1.807) is 42.5 Å². The molecule has 2 aromatic rings. The van der Waals surface area contributed by atoms with Gasteiger partial charge in [0.1, 0.15) is 5.75 Å². The van der Waals surface area contributed by atoms with Crippen LogP contribution < -0.4 is 15.6 Å². The van der Waals surface area contributed by atoms with E-state index in [2.05, 4.69) is 10.9 Å². The molecule has 0 radical (unpaired) electrons. The quantitative estimate of drug-likeness (QED) is 0.606. The topological polar surface area (TPSA) is 91.2 Å². The molecule has 2 amide bonds. The molecular formula is C18H13Cl2N3O3. The van der Waals surface area contributed by atoms with Crippen molar-refractivity contribution in [2.75, 3.05) is 6.61 Å². The molecule has 0 heterocycles. The summed E-state index contributed by atoms with van der Waals surface area (Å²) in [6.45, 7) is -0.296. The minimum atomic E-state index is -0.548. The Hall–Kier alpha value is -3.01. The summed E-state index contributed by atoms with van der Waals surface area (Å²) in [5.74, 6) is -0.661. The molecule has 0 saturated heterocycles. The van der Waals surface area contributed by atoms with Gasteiger partial charge in [0.15, 0.2) is 6.61 Å². The normalized spacial score (nSPS) is 10.2. The summed E-state index contributed by atoms with van der Waals surface area (Å²) in [6, 6.07) is 13.3. The highest BCUT2D eigenvalue weighted by Gasteiger charge is 2.05. The lowest BCUT2D eigenvalue weighted by Gasteiger charge is -2.07. The number of hydrogen-bond donors (Lipinski definition) is 2. The van der Waals surface area contributed by atoms with Gasteiger partial charge < -0.3 is 4.74 Å². The number of rotatable bonds is 5. The lowest BCUT2D eigenvalue weighted by Crippen LogP contribution is -2.43. The Morgan fingerprint density at radius 3 is 2.54 bits per heavy atom. The monoisotopic (exact) mass is 389 g/mol. The number of ether oxygens (including phenoxy) is 1. The molecule has 0 aliphatic rings. The lowest BCUT2D eigenvalue weighted by molar-refractivity contribution is -0.128. The van der Waals surface area contributed by atoms with E-state index in [0.717, 1.165) is 0 Å². The van der Waals surface area contributed by atoms with Crippen molar-refractivity contribution in [1.82, 2.24) is 10.9 Å². The molecule has 0 aliphatic carbocycles. The van der Waals surface area contributed by atoms with Crippen LogP contribution in [0.3, 0.4) is 0 Å². The van der Waals surface area contributed by atoms with Crippen molar-refractivity contribution in [2.45, 2.75) is 0 Å². The maximum absolute atomic E-state index is 11.7. The Morgan fingerprint density at radius 1 is 1.12 bits per heavy atom. The number of carbonyl (C=O) groups is 2. The van der Waals surface area contributed by atoms with Crippen molar-refractivity contribution >= 4 is 41.1 Å². The van der Waals surface area contributed by atoms with E-state index in [0.29, 0.717) is 26.9 Å². The van der Waals surface area contributed by atoms with Crippen LogP contribution in [-0.2, 0) is 9.59 Å². The molecule has 0 spiro atoms. The second-order valence-corrected chi connectivity index (χ2v) is 5.72. The van der Waals surface area contributed by atoms with Crippen molar-refractivity contribution in [3.8, 4) is 11.8 Å². The number of carbonyl (C=O) groups excluding carboxylic acids is 2. The van der Waals surface area contributed by atoms with E-state index in [9.17, 15) is 9.59 Å². The minimum Gasteiger partial charge on any atom is -0.484 e. The first-order valence-electron chi connectivity index (χ1n) is 7.33. The Bertz CT molecular complexity index is 874. The molecule has 0 bridgehead atoms. The zero-order valence-corrected chi connectivity index (χ0v) is 14.8. The summed E-state index contributed by atoms with van der Waals surface area (Å²) in [5.41, 5.74) is 5.49. The van der Waals surface area contributed by atoms with Gasteiger partial charge in [-0.25, -0.2) is 0 Å². The van der Waals surface area contributed by atoms with Crippen LogP contribution in [0.2, 0.25) is 10.0 Å². The molecule has 6 nitrogen and oxygen atoms in total. The zero-order valence-electron chi connectivity index (χ0n) is 13.3. The first-order valence-corrected chi connectivity index (χ1v) is 8.09. The third-order valence-corrected chi connectivity index (χ3v) is 3.91. The fraction of sp³-hybridized carbons (Fsp3) is 0.0556. The minimum absolute atomic E-state index is 0.296. The summed E-state index contributed by atoms with van der Waals surface area (Å²) >= 11 is 11.9. The standard InChI is InChI=1S/C18H13Cl2N3O3/c19-15-3-1-2-13(18(15)20)6-9-16(24)22-23-17(25)11-26-14-7-4-12(10-21)5-8-14/h1-9H,11H2,(H,22,24)(H,23,25)/b9-6+. The third-order valence-electron chi connectivity index (χ3n) is 3.07. The van der Waals surface area contributed by atoms with Crippen LogP contribution in [0.4, 0.5) is 0 Å². The molecule has 8 heteroatoms. The van der Waals surface area contributed by atoms with Gasteiger partial charge in [-0.05, 0) is 42.0 Å². The predicted octanol–water partition coefficient (Wildman–Crippen LogP) is 3.10. The Kier molecular flexibility index (Phi) is 7.03. The molecule has 0 unspecified atom stereocenters. The molecule has 0 atom stereocenters. The van der Waals surface area contributed by atoms with Gasteiger partial charge >= 0.3 is 0 Å². The fourth-order valence-electron chi connectivity index (χ4n) is 1.80. The predicted molar refractivity (Wildman–Crippen MR) is 98.4 cm³/mol. The van der Waals surface area contributed by atoms with Crippen LogP contribution in [0.15, 0.2) is 48.5 Å². The van der Waals surface area contributed by atoms with Gasteiger partial charge in [0.25, 0.3) is 11.8 Å². The largest absolute Gasteiger partial charge is 0.484 e. The Balaban J connectivity index is 1.77. The van der Waals surface area contributed by atoms with Crippen molar-refractivity contribution < 1.29 is 14.3 Å². The average molecular weight is 390 g/mol. The second kappa shape index (κ2) is 9.47. The van der Waals surface area contributed by atoms with Gasteiger partial charge in [-0.15, -0.1) is 0 Å². The molecule has 0 aliphatic heterocycles.